The van der Waals surface area contributed by atoms with Crippen molar-refractivity contribution >= 4 is 23.2 Å². The van der Waals surface area contributed by atoms with Crippen LogP contribution in [0.5, 0.6) is 0 Å². The SMILES string of the molecule is CNC(=O)C(OC)c1oc(-c2ccccc2)nc1CON=C(C)c1ccc(Cl)cc1. The molecule has 1 heterocycles. The van der Waals surface area contributed by atoms with E-state index in [9.17, 15) is 4.79 Å². The van der Waals surface area contributed by atoms with Crippen molar-refractivity contribution in [2.75, 3.05) is 14.2 Å². The van der Waals surface area contributed by atoms with Gasteiger partial charge in [0.05, 0.1) is 5.71 Å². The first kappa shape index (κ1) is 21.5. The van der Waals surface area contributed by atoms with Crippen molar-refractivity contribution in [2.24, 2.45) is 5.16 Å². The fourth-order valence-corrected chi connectivity index (χ4v) is 2.90. The molecule has 1 unspecified atom stereocenters. The standard InChI is InChI=1S/C22H22ClN3O4/c1-14(15-9-11-17(23)12-10-15)26-29-13-18-19(20(28-3)21(27)24-2)30-22(25-18)16-7-5-4-6-8-16/h4-12,20H,13H2,1-3H3,(H,24,27). The molecule has 0 aliphatic carbocycles. The number of nitrogens with zero attached hydrogens (tertiary/aromatic N) is 2. The number of benzene rings is 2. The summed E-state index contributed by atoms with van der Waals surface area (Å²) in [5, 5.41) is 7.35. The molecule has 0 aliphatic heterocycles. The summed E-state index contributed by atoms with van der Waals surface area (Å²) in [6.07, 6.45) is -0.958. The number of amides is 1. The van der Waals surface area contributed by atoms with E-state index >= 15 is 0 Å². The fourth-order valence-electron chi connectivity index (χ4n) is 2.77. The van der Waals surface area contributed by atoms with Crippen LogP contribution in [0.15, 0.2) is 64.2 Å². The van der Waals surface area contributed by atoms with Gasteiger partial charge < -0.3 is 19.3 Å². The summed E-state index contributed by atoms with van der Waals surface area (Å²) >= 11 is 5.92. The molecule has 1 atom stereocenters. The molecule has 1 amide bonds. The van der Waals surface area contributed by atoms with Crippen LogP contribution < -0.4 is 5.32 Å². The van der Waals surface area contributed by atoms with E-state index in [1.165, 1.54) is 14.2 Å². The van der Waals surface area contributed by atoms with E-state index in [-0.39, 0.29) is 18.3 Å². The van der Waals surface area contributed by atoms with Crippen LogP contribution in [-0.2, 0) is 21.0 Å². The Kier molecular flexibility index (Phi) is 7.21. The number of oxazole rings is 1. The number of methoxy groups -OCH3 is 1. The minimum Gasteiger partial charge on any atom is -0.437 e. The lowest BCUT2D eigenvalue weighted by Gasteiger charge is -2.12. The van der Waals surface area contributed by atoms with Crippen molar-refractivity contribution in [2.45, 2.75) is 19.6 Å². The second kappa shape index (κ2) is 10.0. The van der Waals surface area contributed by atoms with Gasteiger partial charge in [-0.2, -0.15) is 0 Å². The van der Waals surface area contributed by atoms with Gasteiger partial charge in [-0.1, -0.05) is 47.1 Å². The molecule has 2 aromatic carbocycles. The van der Waals surface area contributed by atoms with Crippen LogP contribution in [0.25, 0.3) is 11.5 Å². The van der Waals surface area contributed by atoms with Crippen LogP contribution in [0.4, 0.5) is 0 Å². The average molecular weight is 428 g/mol. The molecule has 0 bridgehead atoms. The molecule has 7 nitrogen and oxygen atoms in total. The largest absolute Gasteiger partial charge is 0.437 e. The normalized spacial score (nSPS) is 12.5. The van der Waals surface area contributed by atoms with Crippen LogP contribution in [-0.4, -0.2) is 30.8 Å². The van der Waals surface area contributed by atoms with Gasteiger partial charge in [-0.15, -0.1) is 0 Å². The van der Waals surface area contributed by atoms with Crippen LogP contribution in [0.3, 0.4) is 0 Å². The van der Waals surface area contributed by atoms with Gasteiger partial charge in [-0.05, 0) is 36.8 Å². The highest BCUT2D eigenvalue weighted by Gasteiger charge is 2.28. The smallest absolute Gasteiger partial charge is 0.256 e. The van der Waals surface area contributed by atoms with Gasteiger partial charge in [-0.3, -0.25) is 4.79 Å². The molecule has 1 aromatic heterocycles. The van der Waals surface area contributed by atoms with E-state index in [2.05, 4.69) is 15.5 Å². The maximum Gasteiger partial charge on any atom is 0.256 e. The van der Waals surface area contributed by atoms with E-state index in [1.807, 2.05) is 49.4 Å². The lowest BCUT2D eigenvalue weighted by Crippen LogP contribution is -2.27. The topological polar surface area (TPSA) is 86.0 Å². The third-order valence-corrected chi connectivity index (χ3v) is 4.62. The second-order valence-corrected chi connectivity index (χ2v) is 6.82. The number of nitrogens with one attached hydrogen (secondary N) is 1. The number of hydrogen-bond donors (Lipinski definition) is 1. The van der Waals surface area contributed by atoms with Crippen molar-refractivity contribution < 1.29 is 18.8 Å². The quantitative estimate of drug-likeness (QED) is 0.426. The first-order valence-corrected chi connectivity index (χ1v) is 9.63. The summed E-state index contributed by atoms with van der Waals surface area (Å²) in [6.45, 7) is 1.83. The Morgan fingerprint density at radius 2 is 1.90 bits per heavy atom. The molecule has 156 valence electrons. The molecule has 0 spiro atoms. The second-order valence-electron chi connectivity index (χ2n) is 6.38. The lowest BCUT2D eigenvalue weighted by atomic mass is 10.1. The molecular weight excluding hydrogens is 406 g/mol. The van der Waals surface area contributed by atoms with Gasteiger partial charge in [0.2, 0.25) is 5.89 Å². The van der Waals surface area contributed by atoms with Gasteiger partial charge in [0.15, 0.2) is 18.5 Å². The molecule has 0 saturated heterocycles. The zero-order valence-electron chi connectivity index (χ0n) is 16.9. The molecule has 0 radical (unpaired) electrons. The third-order valence-electron chi connectivity index (χ3n) is 4.37. The van der Waals surface area contributed by atoms with Crippen molar-refractivity contribution in [3.8, 4) is 11.5 Å². The van der Waals surface area contributed by atoms with Crippen molar-refractivity contribution in [3.05, 3.63) is 76.6 Å². The lowest BCUT2D eigenvalue weighted by molar-refractivity contribution is -0.131. The Bertz CT molecular complexity index is 1020. The first-order chi connectivity index (χ1) is 14.5. The molecule has 0 saturated carbocycles. The Morgan fingerprint density at radius 3 is 2.53 bits per heavy atom. The highest BCUT2D eigenvalue weighted by atomic mass is 35.5. The Morgan fingerprint density at radius 1 is 1.20 bits per heavy atom. The maximum atomic E-state index is 12.2. The Hall–Kier alpha value is -3.16. The predicted molar refractivity (Wildman–Crippen MR) is 114 cm³/mol. The number of likely N-dealkylation sites (N-methyl/N-ethyl adjacent to an activating group) is 1. The summed E-state index contributed by atoms with van der Waals surface area (Å²) in [5.41, 5.74) is 2.76. The summed E-state index contributed by atoms with van der Waals surface area (Å²) in [6, 6.07) is 16.7. The number of rotatable bonds is 8. The first-order valence-electron chi connectivity index (χ1n) is 9.25. The molecule has 8 heteroatoms. The van der Waals surface area contributed by atoms with Crippen molar-refractivity contribution in [1.82, 2.24) is 10.3 Å². The third kappa shape index (κ3) is 5.06. The zero-order valence-corrected chi connectivity index (χ0v) is 17.6. The van der Waals surface area contributed by atoms with Gasteiger partial charge in [0.25, 0.3) is 5.91 Å². The highest BCUT2D eigenvalue weighted by Crippen LogP contribution is 2.28. The van der Waals surface area contributed by atoms with E-state index in [4.69, 9.17) is 25.6 Å². The van der Waals surface area contributed by atoms with Gasteiger partial charge in [0.1, 0.15) is 5.69 Å². The predicted octanol–water partition coefficient (Wildman–Crippen LogP) is 4.37. The van der Waals surface area contributed by atoms with Crippen molar-refractivity contribution in [3.63, 3.8) is 0 Å². The minimum absolute atomic E-state index is 0.00739. The monoisotopic (exact) mass is 427 g/mol. The van der Waals surface area contributed by atoms with Gasteiger partial charge in [0, 0.05) is 24.7 Å². The molecule has 30 heavy (non-hydrogen) atoms. The molecule has 0 fully saturated rings. The number of ether oxygens (including phenoxy) is 1. The average Bonchev–Trinajstić information content (AvgIpc) is 3.19. The number of oxime groups is 1. The van der Waals surface area contributed by atoms with E-state index < -0.39 is 6.10 Å². The molecule has 3 rings (SSSR count). The van der Waals surface area contributed by atoms with E-state index in [1.54, 1.807) is 12.1 Å². The zero-order chi connectivity index (χ0) is 21.5. The maximum absolute atomic E-state index is 12.2. The number of carbonyl (C=O) groups excluding carboxylic acids is 1. The summed E-state index contributed by atoms with van der Waals surface area (Å²) < 4.78 is 11.2. The Labute approximate surface area is 179 Å². The number of halogens is 1. The molecule has 0 aliphatic rings. The van der Waals surface area contributed by atoms with Crippen molar-refractivity contribution in [1.29, 1.82) is 0 Å². The summed E-state index contributed by atoms with van der Waals surface area (Å²) in [4.78, 5) is 22.3. The highest BCUT2D eigenvalue weighted by molar-refractivity contribution is 6.30. The van der Waals surface area contributed by atoms with Gasteiger partial charge >= 0.3 is 0 Å². The van der Waals surface area contributed by atoms with Crippen LogP contribution in [0.1, 0.15) is 30.0 Å². The van der Waals surface area contributed by atoms with Crippen LogP contribution in [0.2, 0.25) is 5.02 Å². The molecule has 1 N–H and O–H groups in total. The number of carbonyl (C=O) groups is 1. The summed E-state index contributed by atoms with van der Waals surface area (Å²) in [5.74, 6) is 0.291. The van der Waals surface area contributed by atoms with Crippen LogP contribution in [0, 0.1) is 0 Å². The molecule has 3 aromatic rings. The van der Waals surface area contributed by atoms with E-state index in [0.29, 0.717) is 22.3 Å². The van der Waals surface area contributed by atoms with Gasteiger partial charge in [-0.25, -0.2) is 4.98 Å². The molecular formula is C22H22ClN3O4. The minimum atomic E-state index is -0.958. The number of aromatic nitrogens is 1. The van der Waals surface area contributed by atoms with Crippen LogP contribution >= 0.6 is 11.6 Å². The number of hydrogen-bond acceptors (Lipinski definition) is 6. The van der Waals surface area contributed by atoms with E-state index in [0.717, 1.165) is 11.1 Å². The Balaban J connectivity index is 1.86. The fraction of sp³-hybridized carbons (Fsp3) is 0.227. The summed E-state index contributed by atoms with van der Waals surface area (Å²) in [7, 11) is 2.96.